The molecule has 7 heteroatoms. The maximum absolute atomic E-state index is 13.1. The number of aryl methyl sites for hydroxylation is 1. The van der Waals surface area contributed by atoms with Crippen LogP contribution in [0.3, 0.4) is 0 Å². The van der Waals surface area contributed by atoms with Crippen LogP contribution in [-0.4, -0.2) is 66.1 Å². The van der Waals surface area contributed by atoms with Gasteiger partial charge in [0.25, 0.3) is 5.91 Å². The molecule has 164 valence electrons. The lowest BCUT2D eigenvalue weighted by molar-refractivity contribution is -0.142. The number of nitrogens with zero attached hydrogens (tertiary/aromatic N) is 3. The standard InChI is InChI=1S/C23H33N3O4/c1-19(2)15-26(23(28)18-30-21-10-6-5-7-11-21)17-22(27)25(13-14-29-4)16-20-9-8-12-24(20)3/h5-12,19H,13-18H2,1-4H3. The van der Waals surface area contributed by atoms with Crippen molar-refractivity contribution in [2.45, 2.75) is 20.4 Å². The maximum atomic E-state index is 13.1. The summed E-state index contributed by atoms with van der Waals surface area (Å²) in [5, 5.41) is 0. The van der Waals surface area contributed by atoms with E-state index < -0.39 is 0 Å². The summed E-state index contributed by atoms with van der Waals surface area (Å²) >= 11 is 0. The second-order valence-electron chi connectivity index (χ2n) is 7.69. The van der Waals surface area contributed by atoms with Gasteiger partial charge in [0.1, 0.15) is 5.75 Å². The lowest BCUT2D eigenvalue weighted by atomic mass is 10.2. The predicted molar refractivity (Wildman–Crippen MR) is 116 cm³/mol. The van der Waals surface area contributed by atoms with Gasteiger partial charge in [-0.05, 0) is 30.2 Å². The molecule has 0 saturated heterocycles. The van der Waals surface area contributed by atoms with Crippen LogP contribution < -0.4 is 4.74 Å². The smallest absolute Gasteiger partial charge is 0.260 e. The number of hydrogen-bond acceptors (Lipinski definition) is 4. The fraction of sp³-hybridized carbons (Fsp3) is 0.478. The molecule has 0 spiro atoms. The van der Waals surface area contributed by atoms with Gasteiger partial charge >= 0.3 is 0 Å². The van der Waals surface area contributed by atoms with Gasteiger partial charge in [0.05, 0.1) is 19.7 Å². The van der Waals surface area contributed by atoms with E-state index in [4.69, 9.17) is 9.47 Å². The van der Waals surface area contributed by atoms with Crippen molar-refractivity contribution in [2.75, 3.05) is 40.0 Å². The van der Waals surface area contributed by atoms with Gasteiger partial charge in [0.2, 0.25) is 5.91 Å². The third-order valence-electron chi connectivity index (χ3n) is 4.69. The van der Waals surface area contributed by atoms with Crippen LogP contribution in [0.25, 0.3) is 0 Å². The molecule has 2 rings (SSSR count). The van der Waals surface area contributed by atoms with Gasteiger partial charge in [-0.15, -0.1) is 0 Å². The average Bonchev–Trinajstić information content (AvgIpc) is 3.13. The van der Waals surface area contributed by atoms with E-state index in [0.29, 0.717) is 32.0 Å². The van der Waals surface area contributed by atoms with Crippen LogP contribution in [0.2, 0.25) is 0 Å². The topological polar surface area (TPSA) is 64.0 Å². The third-order valence-corrected chi connectivity index (χ3v) is 4.69. The highest BCUT2D eigenvalue weighted by molar-refractivity contribution is 5.85. The Kier molecular flexibility index (Phi) is 9.41. The van der Waals surface area contributed by atoms with Gasteiger partial charge in [0.15, 0.2) is 6.61 Å². The van der Waals surface area contributed by atoms with Crippen molar-refractivity contribution in [1.29, 1.82) is 0 Å². The highest BCUT2D eigenvalue weighted by Crippen LogP contribution is 2.10. The van der Waals surface area contributed by atoms with E-state index in [9.17, 15) is 9.59 Å². The van der Waals surface area contributed by atoms with Gasteiger partial charge < -0.3 is 23.8 Å². The van der Waals surface area contributed by atoms with Gasteiger partial charge in [-0.25, -0.2) is 0 Å². The Morgan fingerprint density at radius 2 is 1.77 bits per heavy atom. The zero-order valence-electron chi connectivity index (χ0n) is 18.4. The van der Waals surface area contributed by atoms with E-state index in [0.717, 1.165) is 5.69 Å². The van der Waals surface area contributed by atoms with E-state index >= 15 is 0 Å². The molecule has 30 heavy (non-hydrogen) atoms. The zero-order chi connectivity index (χ0) is 21.9. The molecule has 0 atom stereocenters. The minimum Gasteiger partial charge on any atom is -0.484 e. The van der Waals surface area contributed by atoms with Crippen LogP contribution in [0.1, 0.15) is 19.5 Å². The number of rotatable bonds is 12. The van der Waals surface area contributed by atoms with E-state index in [1.807, 2.05) is 62.0 Å². The summed E-state index contributed by atoms with van der Waals surface area (Å²) in [5.74, 6) is 0.555. The number of carbonyl (C=O) groups excluding carboxylic acids is 2. The van der Waals surface area contributed by atoms with Crippen LogP contribution in [0.4, 0.5) is 0 Å². The Bertz CT molecular complexity index is 789. The Morgan fingerprint density at radius 1 is 1.03 bits per heavy atom. The molecule has 0 aliphatic carbocycles. The molecular weight excluding hydrogens is 382 g/mol. The lowest BCUT2D eigenvalue weighted by Crippen LogP contribution is -2.46. The van der Waals surface area contributed by atoms with Crippen LogP contribution in [0, 0.1) is 5.92 Å². The van der Waals surface area contributed by atoms with Crippen LogP contribution in [-0.2, 0) is 27.9 Å². The molecule has 0 radical (unpaired) electrons. The summed E-state index contributed by atoms with van der Waals surface area (Å²) in [6, 6.07) is 13.1. The van der Waals surface area contributed by atoms with Crippen LogP contribution in [0.5, 0.6) is 5.75 Å². The molecule has 1 aromatic heterocycles. The van der Waals surface area contributed by atoms with E-state index in [1.54, 1.807) is 29.0 Å². The van der Waals surface area contributed by atoms with Crippen molar-refractivity contribution >= 4 is 11.8 Å². The largest absolute Gasteiger partial charge is 0.484 e. The molecule has 0 aliphatic heterocycles. The maximum Gasteiger partial charge on any atom is 0.260 e. The summed E-state index contributed by atoms with van der Waals surface area (Å²) in [6.07, 6.45) is 1.95. The van der Waals surface area contributed by atoms with Crippen molar-refractivity contribution in [2.24, 2.45) is 13.0 Å². The van der Waals surface area contributed by atoms with E-state index in [-0.39, 0.29) is 30.9 Å². The Balaban J connectivity index is 2.04. The average molecular weight is 416 g/mol. The summed E-state index contributed by atoms with van der Waals surface area (Å²) in [4.78, 5) is 29.2. The van der Waals surface area contributed by atoms with E-state index in [1.165, 1.54) is 0 Å². The molecule has 2 aromatic rings. The fourth-order valence-corrected chi connectivity index (χ4v) is 3.06. The van der Waals surface area contributed by atoms with Crippen molar-refractivity contribution in [3.05, 3.63) is 54.4 Å². The van der Waals surface area contributed by atoms with Gasteiger partial charge in [0, 0.05) is 39.1 Å². The predicted octanol–water partition coefficient (Wildman–Crippen LogP) is 2.56. The molecule has 7 nitrogen and oxygen atoms in total. The van der Waals surface area contributed by atoms with Gasteiger partial charge in [-0.2, -0.15) is 0 Å². The Morgan fingerprint density at radius 3 is 2.37 bits per heavy atom. The van der Waals surface area contributed by atoms with Crippen LogP contribution >= 0.6 is 0 Å². The first-order valence-electron chi connectivity index (χ1n) is 10.2. The first-order chi connectivity index (χ1) is 14.4. The second kappa shape index (κ2) is 12.0. The van der Waals surface area contributed by atoms with Crippen molar-refractivity contribution < 1.29 is 19.1 Å². The molecule has 2 amide bonds. The van der Waals surface area contributed by atoms with Gasteiger partial charge in [-0.3, -0.25) is 9.59 Å². The molecule has 1 heterocycles. The number of methoxy groups -OCH3 is 1. The Labute approximate surface area is 179 Å². The summed E-state index contributed by atoms with van der Waals surface area (Å²) in [6.45, 7) is 5.82. The quantitative estimate of drug-likeness (QED) is 0.535. The normalized spacial score (nSPS) is 10.8. The van der Waals surface area contributed by atoms with Crippen LogP contribution in [0.15, 0.2) is 48.7 Å². The molecule has 0 aliphatic rings. The minimum atomic E-state index is -0.202. The lowest BCUT2D eigenvalue weighted by Gasteiger charge is -2.28. The Hall–Kier alpha value is -2.80. The van der Waals surface area contributed by atoms with Crippen molar-refractivity contribution in [3.8, 4) is 5.75 Å². The number of carbonyl (C=O) groups is 2. The molecular formula is C23H33N3O4. The zero-order valence-corrected chi connectivity index (χ0v) is 18.4. The molecule has 0 unspecified atom stereocenters. The minimum absolute atomic E-state index is 0.0172. The highest BCUT2D eigenvalue weighted by atomic mass is 16.5. The summed E-state index contributed by atoms with van der Waals surface area (Å²) < 4.78 is 12.8. The van der Waals surface area contributed by atoms with Gasteiger partial charge in [-0.1, -0.05) is 32.0 Å². The number of para-hydroxylation sites is 1. The number of benzene rings is 1. The molecule has 0 fully saturated rings. The van der Waals surface area contributed by atoms with Crippen molar-refractivity contribution in [1.82, 2.24) is 14.4 Å². The number of amides is 2. The summed E-state index contributed by atoms with van der Waals surface area (Å²) in [7, 11) is 3.56. The summed E-state index contributed by atoms with van der Waals surface area (Å²) in [5.41, 5.74) is 1.02. The molecule has 0 bridgehead atoms. The third kappa shape index (κ3) is 7.55. The number of ether oxygens (including phenoxy) is 2. The second-order valence-corrected chi connectivity index (χ2v) is 7.69. The highest BCUT2D eigenvalue weighted by Gasteiger charge is 2.23. The molecule has 1 aromatic carbocycles. The van der Waals surface area contributed by atoms with Crippen molar-refractivity contribution in [3.63, 3.8) is 0 Å². The first kappa shape index (κ1) is 23.5. The van der Waals surface area contributed by atoms with E-state index in [2.05, 4.69) is 0 Å². The number of aromatic nitrogens is 1. The SMILES string of the molecule is COCCN(Cc1cccn1C)C(=O)CN(CC(C)C)C(=O)COc1ccccc1. The number of hydrogen-bond donors (Lipinski definition) is 0. The molecule has 0 N–H and O–H groups in total. The first-order valence-corrected chi connectivity index (χ1v) is 10.2. The molecule has 0 saturated carbocycles. The fourth-order valence-electron chi connectivity index (χ4n) is 3.06. The monoisotopic (exact) mass is 415 g/mol.